The topological polar surface area (TPSA) is 76.0 Å². The molecule has 1 heterocycles. The molecule has 194 valence electrons. The maximum absolute atomic E-state index is 13.0. The summed E-state index contributed by atoms with van der Waals surface area (Å²) in [6.07, 6.45) is 4.26. The van der Waals surface area contributed by atoms with E-state index in [-0.39, 0.29) is 17.1 Å². The zero-order valence-corrected chi connectivity index (χ0v) is 23.2. The molecule has 2 atom stereocenters. The molecular weight excluding hydrogens is 590 g/mol. The van der Waals surface area contributed by atoms with E-state index in [1.165, 1.54) is 0 Å². The van der Waals surface area contributed by atoms with E-state index in [0.29, 0.717) is 27.0 Å². The Hall–Kier alpha value is -2.74. The van der Waals surface area contributed by atoms with Gasteiger partial charge in [0, 0.05) is 46.3 Å². The van der Waals surface area contributed by atoms with Gasteiger partial charge in [0.2, 0.25) is 0 Å². The molecule has 0 aliphatic heterocycles. The van der Waals surface area contributed by atoms with Crippen LogP contribution in [0.25, 0.3) is 5.69 Å². The van der Waals surface area contributed by atoms with Crippen LogP contribution in [0.3, 0.4) is 0 Å². The molecule has 38 heavy (non-hydrogen) atoms. The molecule has 1 aliphatic rings. The first-order valence-electron chi connectivity index (χ1n) is 11.4. The van der Waals surface area contributed by atoms with Gasteiger partial charge >= 0.3 is 0 Å². The molecule has 2 unspecified atom stereocenters. The summed E-state index contributed by atoms with van der Waals surface area (Å²) < 4.78 is 0.343. The highest BCUT2D eigenvalue weighted by molar-refractivity contribution is 6.54. The number of anilines is 2. The van der Waals surface area contributed by atoms with Crippen molar-refractivity contribution in [2.24, 2.45) is 5.41 Å². The summed E-state index contributed by atoms with van der Waals surface area (Å²) >= 11 is 31.8. The van der Waals surface area contributed by atoms with Gasteiger partial charge in [-0.15, -0.1) is 0 Å². The highest BCUT2D eigenvalue weighted by Gasteiger charge is 2.76. The Morgan fingerprint density at radius 2 is 1.66 bits per heavy atom. The van der Waals surface area contributed by atoms with E-state index in [4.69, 9.17) is 58.0 Å². The lowest BCUT2D eigenvalue weighted by atomic mass is 10.00. The van der Waals surface area contributed by atoms with Gasteiger partial charge in [0.15, 0.2) is 0 Å². The summed E-state index contributed by atoms with van der Waals surface area (Å²) in [6, 6.07) is 18.9. The van der Waals surface area contributed by atoms with Gasteiger partial charge in [-0.3, -0.25) is 4.79 Å². The molecule has 11 heteroatoms. The normalized spacial score (nSPS) is 19.6. The monoisotopic (exact) mass is 606 g/mol. The second-order valence-electron chi connectivity index (χ2n) is 8.92. The van der Waals surface area contributed by atoms with Crippen molar-refractivity contribution in [2.45, 2.75) is 10.3 Å². The quantitative estimate of drug-likeness (QED) is 0.159. The van der Waals surface area contributed by atoms with E-state index in [2.05, 4.69) is 15.7 Å². The number of rotatable bonds is 8. The third-order valence-electron chi connectivity index (χ3n) is 6.53. The summed E-state index contributed by atoms with van der Waals surface area (Å²) in [6.45, 7) is 0.107. The molecule has 2 N–H and O–H groups in total. The van der Waals surface area contributed by atoms with Gasteiger partial charge in [-0.1, -0.05) is 58.0 Å². The van der Waals surface area contributed by atoms with Crippen molar-refractivity contribution in [3.63, 3.8) is 0 Å². The van der Waals surface area contributed by atoms with Crippen molar-refractivity contribution >= 4 is 81.6 Å². The maximum atomic E-state index is 13.0. The third-order valence-corrected chi connectivity index (χ3v) is 8.44. The summed E-state index contributed by atoms with van der Waals surface area (Å²) in [5.41, 5.74) is 1.79. The van der Waals surface area contributed by atoms with Crippen molar-refractivity contribution in [3.8, 4) is 5.69 Å². The molecule has 0 saturated heterocycles. The number of alkyl halides is 2. The Morgan fingerprint density at radius 3 is 2.29 bits per heavy atom. The average molecular weight is 609 g/mol. The number of hydrogen-bond donors (Lipinski definition) is 2. The number of benzene rings is 3. The zero-order valence-electron chi connectivity index (χ0n) is 19.5. The van der Waals surface area contributed by atoms with Crippen LogP contribution in [0.2, 0.25) is 15.1 Å². The number of carbonyl (C=O) groups excluding carboxylic acids is 2. The number of aromatic nitrogens is 2. The van der Waals surface area contributed by atoms with Gasteiger partial charge in [-0.05, 0) is 72.3 Å². The lowest BCUT2D eigenvalue weighted by molar-refractivity contribution is -0.112. The lowest BCUT2D eigenvalue weighted by Gasteiger charge is -2.15. The number of hydrogen-bond acceptors (Lipinski definition) is 4. The Kier molecular flexibility index (Phi) is 7.37. The first-order chi connectivity index (χ1) is 18.1. The molecule has 0 spiro atoms. The molecule has 1 saturated carbocycles. The molecule has 1 aliphatic carbocycles. The molecule has 0 bridgehead atoms. The van der Waals surface area contributed by atoms with E-state index in [1.807, 2.05) is 24.4 Å². The molecule has 3 aromatic carbocycles. The minimum Gasteiger partial charge on any atom is -0.384 e. The van der Waals surface area contributed by atoms with Crippen molar-refractivity contribution in [2.75, 3.05) is 17.2 Å². The van der Waals surface area contributed by atoms with Crippen LogP contribution >= 0.6 is 58.0 Å². The van der Waals surface area contributed by atoms with Crippen LogP contribution in [0.5, 0.6) is 0 Å². The van der Waals surface area contributed by atoms with Gasteiger partial charge in [0.1, 0.15) is 10.6 Å². The molecule has 6 nitrogen and oxygen atoms in total. The average Bonchev–Trinajstić information content (AvgIpc) is 3.18. The highest BCUT2D eigenvalue weighted by Crippen LogP contribution is 2.73. The molecule has 0 radical (unpaired) electrons. The molecule has 5 rings (SSSR count). The fraction of sp³-hybridized carbons (Fsp3) is 0.148. The van der Waals surface area contributed by atoms with E-state index in [0.717, 1.165) is 12.0 Å². The zero-order chi connectivity index (χ0) is 27.1. The largest absolute Gasteiger partial charge is 0.384 e. The summed E-state index contributed by atoms with van der Waals surface area (Å²) in [4.78, 5) is 25.3. The summed E-state index contributed by atoms with van der Waals surface area (Å²) in [5.74, 6) is -0.920. The Morgan fingerprint density at radius 1 is 0.974 bits per heavy atom. The Bertz CT molecular complexity index is 1490. The van der Waals surface area contributed by atoms with Crippen LogP contribution in [0.1, 0.15) is 21.8 Å². The predicted octanol–water partition coefficient (Wildman–Crippen LogP) is 7.65. The molecule has 4 aromatic rings. The third kappa shape index (κ3) is 4.99. The van der Waals surface area contributed by atoms with Crippen LogP contribution in [-0.4, -0.2) is 32.9 Å². The van der Waals surface area contributed by atoms with Crippen LogP contribution in [-0.2, 0) is 4.79 Å². The van der Waals surface area contributed by atoms with Crippen molar-refractivity contribution in [1.82, 2.24) is 9.78 Å². The first kappa shape index (κ1) is 26.9. The smallest absolute Gasteiger partial charge is 0.257 e. The van der Waals surface area contributed by atoms with Crippen molar-refractivity contribution in [1.29, 1.82) is 0 Å². The fourth-order valence-electron chi connectivity index (χ4n) is 4.51. The summed E-state index contributed by atoms with van der Waals surface area (Å²) in [7, 11) is 0. The summed E-state index contributed by atoms with van der Waals surface area (Å²) in [5, 5.41) is 11.3. The van der Waals surface area contributed by atoms with Crippen LogP contribution in [0.4, 0.5) is 11.4 Å². The number of aldehydes is 1. The Labute approximate surface area is 243 Å². The molecule has 1 aromatic heterocycles. The highest BCUT2D eigenvalue weighted by atomic mass is 35.5. The SMILES string of the molecule is O=CC1(CNc2ccc(Cl)c(C(=O)Nc3ccc(-n4cccn4)cc3)c2)C(c2cc(Cl)cc(Cl)c2)C1(Cl)Cl. The number of nitrogens with one attached hydrogen (secondary N) is 2. The van der Waals surface area contributed by atoms with Crippen molar-refractivity contribution < 1.29 is 9.59 Å². The van der Waals surface area contributed by atoms with Crippen LogP contribution in [0, 0.1) is 5.41 Å². The minimum atomic E-state index is -1.37. The van der Waals surface area contributed by atoms with E-state index in [1.54, 1.807) is 59.4 Å². The molecule has 1 amide bonds. The minimum absolute atomic E-state index is 0.107. The maximum Gasteiger partial charge on any atom is 0.257 e. The fourth-order valence-corrected chi connectivity index (χ4v) is 6.23. The number of nitrogens with zero attached hydrogens (tertiary/aromatic N) is 2. The van der Waals surface area contributed by atoms with Gasteiger partial charge < -0.3 is 15.4 Å². The predicted molar refractivity (Wildman–Crippen MR) is 154 cm³/mol. The van der Waals surface area contributed by atoms with Crippen molar-refractivity contribution in [3.05, 3.63) is 105 Å². The number of halogens is 5. The second-order valence-corrected chi connectivity index (χ2v) is 11.6. The van der Waals surface area contributed by atoms with Crippen LogP contribution < -0.4 is 10.6 Å². The number of carbonyl (C=O) groups is 2. The number of amides is 1. The van der Waals surface area contributed by atoms with Crippen LogP contribution in [0.15, 0.2) is 79.1 Å². The second kappa shape index (κ2) is 10.4. The van der Waals surface area contributed by atoms with Gasteiger partial charge in [-0.2, -0.15) is 5.10 Å². The molecular formula is C27H19Cl5N4O2. The van der Waals surface area contributed by atoms with Gasteiger partial charge in [0.05, 0.1) is 21.7 Å². The Balaban J connectivity index is 1.31. The van der Waals surface area contributed by atoms with E-state index in [9.17, 15) is 9.59 Å². The van der Waals surface area contributed by atoms with Gasteiger partial charge in [0.25, 0.3) is 5.91 Å². The molecule has 1 fully saturated rings. The standard InChI is InChI=1S/C27H19Cl5N4O2/c28-17-10-16(11-18(29)12-17)24-26(15-37,27(24,31)32)14-33-20-4-7-23(30)22(13-20)25(38)35-19-2-5-21(6-3-19)36-9-1-8-34-36/h1-13,15,24,33H,14H2,(H,35,38). The first-order valence-corrected chi connectivity index (χ1v) is 13.3. The lowest BCUT2D eigenvalue weighted by Crippen LogP contribution is -2.23. The van der Waals surface area contributed by atoms with Gasteiger partial charge in [-0.25, -0.2) is 4.68 Å². The van der Waals surface area contributed by atoms with E-state index < -0.39 is 21.6 Å². The van der Waals surface area contributed by atoms with E-state index >= 15 is 0 Å².